The Hall–Kier alpha value is -0.740. The lowest BCUT2D eigenvalue weighted by molar-refractivity contribution is -0.137. The molecule has 0 unspecified atom stereocenters. The molecule has 0 bridgehead atoms. The lowest BCUT2D eigenvalue weighted by Gasteiger charge is -2.22. The Balaban J connectivity index is 0.00000162. The summed E-state index contributed by atoms with van der Waals surface area (Å²) in [4.78, 5) is 0. The molecule has 2 rings (SSSR count). The molecule has 1 aliphatic rings. The van der Waals surface area contributed by atoms with Crippen LogP contribution in [0.4, 0.5) is 13.2 Å². The zero-order chi connectivity index (χ0) is 12.3. The fourth-order valence-corrected chi connectivity index (χ4v) is 2.29. The van der Waals surface area contributed by atoms with Gasteiger partial charge in [-0.25, -0.2) is 0 Å². The highest BCUT2D eigenvalue weighted by molar-refractivity contribution is 5.85. The molecule has 0 atom stereocenters. The first kappa shape index (κ1) is 15.3. The highest BCUT2D eigenvalue weighted by atomic mass is 35.5. The maximum Gasteiger partial charge on any atom is 0.416 e. The van der Waals surface area contributed by atoms with E-state index in [1.807, 2.05) is 0 Å². The van der Waals surface area contributed by atoms with Gasteiger partial charge in [0, 0.05) is 0 Å². The van der Waals surface area contributed by atoms with Crippen molar-refractivity contribution < 1.29 is 13.2 Å². The van der Waals surface area contributed by atoms with Crippen LogP contribution in [0.3, 0.4) is 0 Å². The van der Waals surface area contributed by atoms with Gasteiger partial charge in [0.2, 0.25) is 0 Å². The molecule has 1 aromatic rings. The number of nitrogens with one attached hydrogen (secondary N) is 1. The second-order valence-corrected chi connectivity index (χ2v) is 4.60. The van der Waals surface area contributed by atoms with Gasteiger partial charge in [-0.05, 0) is 49.9 Å². The van der Waals surface area contributed by atoms with Gasteiger partial charge in [-0.3, -0.25) is 0 Å². The van der Waals surface area contributed by atoms with E-state index < -0.39 is 11.7 Å². The van der Waals surface area contributed by atoms with Gasteiger partial charge in [-0.2, -0.15) is 13.2 Å². The molecule has 5 heteroatoms. The Morgan fingerprint density at radius 3 is 2.44 bits per heavy atom. The summed E-state index contributed by atoms with van der Waals surface area (Å²) in [7, 11) is 0. The van der Waals surface area contributed by atoms with Crippen LogP contribution in [0.5, 0.6) is 0 Å². The first-order valence-electron chi connectivity index (χ1n) is 5.92. The zero-order valence-electron chi connectivity index (χ0n) is 9.96. The van der Waals surface area contributed by atoms with E-state index in [1.54, 1.807) is 6.07 Å². The van der Waals surface area contributed by atoms with Crippen LogP contribution in [-0.4, -0.2) is 13.1 Å². The SMILES string of the molecule is Cl.FC(F)(F)c1cccc(CC2CCNCC2)c1. The molecule has 18 heavy (non-hydrogen) atoms. The molecule has 0 radical (unpaired) electrons. The van der Waals surface area contributed by atoms with Crippen molar-refractivity contribution in [1.82, 2.24) is 5.32 Å². The van der Waals surface area contributed by atoms with E-state index in [4.69, 9.17) is 0 Å². The van der Waals surface area contributed by atoms with E-state index in [0.29, 0.717) is 5.92 Å². The average molecular weight is 280 g/mol. The van der Waals surface area contributed by atoms with E-state index in [2.05, 4.69) is 5.32 Å². The van der Waals surface area contributed by atoms with E-state index in [-0.39, 0.29) is 12.4 Å². The molecule has 0 aliphatic carbocycles. The molecule has 1 heterocycles. The van der Waals surface area contributed by atoms with Crippen LogP contribution in [0.25, 0.3) is 0 Å². The number of piperidine rings is 1. The summed E-state index contributed by atoms with van der Waals surface area (Å²) in [6.07, 6.45) is -1.37. The van der Waals surface area contributed by atoms with Crippen LogP contribution < -0.4 is 5.32 Å². The van der Waals surface area contributed by atoms with E-state index in [1.165, 1.54) is 12.1 Å². The van der Waals surface area contributed by atoms with Crippen LogP contribution in [0.1, 0.15) is 24.0 Å². The van der Waals surface area contributed by atoms with Crippen LogP contribution in [0, 0.1) is 5.92 Å². The van der Waals surface area contributed by atoms with Gasteiger partial charge in [-0.15, -0.1) is 12.4 Å². The van der Waals surface area contributed by atoms with E-state index in [0.717, 1.165) is 44.0 Å². The molecule has 1 aromatic carbocycles. The number of alkyl halides is 3. The molecule has 1 N–H and O–H groups in total. The first-order chi connectivity index (χ1) is 8.05. The quantitative estimate of drug-likeness (QED) is 0.871. The summed E-state index contributed by atoms with van der Waals surface area (Å²) in [5.74, 6) is 0.514. The second-order valence-electron chi connectivity index (χ2n) is 4.60. The highest BCUT2D eigenvalue weighted by Crippen LogP contribution is 2.30. The molecule has 0 aromatic heterocycles. The minimum atomic E-state index is -4.23. The third-order valence-electron chi connectivity index (χ3n) is 3.24. The Kier molecular flexibility index (Phi) is 5.47. The maximum atomic E-state index is 12.5. The smallest absolute Gasteiger partial charge is 0.317 e. The normalized spacial score (nSPS) is 17.3. The number of hydrogen-bond acceptors (Lipinski definition) is 1. The molecular formula is C13H17ClF3N. The minimum Gasteiger partial charge on any atom is -0.317 e. The number of benzene rings is 1. The van der Waals surface area contributed by atoms with Crippen molar-refractivity contribution in [2.75, 3.05) is 13.1 Å². The van der Waals surface area contributed by atoms with Crippen molar-refractivity contribution in [3.63, 3.8) is 0 Å². The van der Waals surface area contributed by atoms with Gasteiger partial charge in [0.1, 0.15) is 0 Å². The Bertz CT molecular complexity index is 373. The Morgan fingerprint density at radius 1 is 1.17 bits per heavy atom. The highest BCUT2D eigenvalue weighted by Gasteiger charge is 2.30. The molecule has 102 valence electrons. The minimum absolute atomic E-state index is 0. The van der Waals surface area contributed by atoms with Gasteiger partial charge in [-0.1, -0.05) is 18.2 Å². The lowest BCUT2D eigenvalue weighted by atomic mass is 9.90. The van der Waals surface area contributed by atoms with E-state index >= 15 is 0 Å². The number of halogens is 4. The topological polar surface area (TPSA) is 12.0 Å². The van der Waals surface area contributed by atoms with Crippen molar-refractivity contribution in [3.8, 4) is 0 Å². The molecule has 0 spiro atoms. The monoisotopic (exact) mass is 279 g/mol. The van der Waals surface area contributed by atoms with Gasteiger partial charge >= 0.3 is 6.18 Å². The summed E-state index contributed by atoms with van der Waals surface area (Å²) in [5.41, 5.74) is 0.260. The largest absolute Gasteiger partial charge is 0.416 e. The van der Waals surface area contributed by atoms with E-state index in [9.17, 15) is 13.2 Å². The Morgan fingerprint density at radius 2 is 1.83 bits per heavy atom. The molecule has 1 saturated heterocycles. The third-order valence-corrected chi connectivity index (χ3v) is 3.24. The predicted molar refractivity (Wildman–Crippen MR) is 68.0 cm³/mol. The van der Waals surface area contributed by atoms with Gasteiger partial charge in [0.25, 0.3) is 0 Å². The Labute approximate surface area is 111 Å². The summed E-state index contributed by atoms with van der Waals surface area (Å²) < 4.78 is 37.6. The number of rotatable bonds is 2. The van der Waals surface area contributed by atoms with Gasteiger partial charge in [0.05, 0.1) is 5.56 Å². The van der Waals surface area contributed by atoms with Crippen LogP contribution in [0.15, 0.2) is 24.3 Å². The summed E-state index contributed by atoms with van der Waals surface area (Å²) >= 11 is 0. The van der Waals surface area contributed by atoms with Crippen molar-refractivity contribution >= 4 is 12.4 Å². The van der Waals surface area contributed by atoms with Crippen molar-refractivity contribution in [3.05, 3.63) is 35.4 Å². The summed E-state index contributed by atoms with van der Waals surface area (Å²) in [6.45, 7) is 1.95. The molecule has 1 aliphatic heterocycles. The van der Waals surface area contributed by atoms with Crippen molar-refractivity contribution in [1.29, 1.82) is 0 Å². The molecule has 1 nitrogen and oxygen atoms in total. The zero-order valence-corrected chi connectivity index (χ0v) is 10.8. The van der Waals surface area contributed by atoms with Gasteiger partial charge < -0.3 is 5.32 Å². The molecule has 0 amide bonds. The first-order valence-corrected chi connectivity index (χ1v) is 5.92. The fraction of sp³-hybridized carbons (Fsp3) is 0.538. The predicted octanol–water partition coefficient (Wildman–Crippen LogP) is 3.67. The molecular weight excluding hydrogens is 263 g/mol. The van der Waals surface area contributed by atoms with Crippen LogP contribution >= 0.6 is 12.4 Å². The lowest BCUT2D eigenvalue weighted by Crippen LogP contribution is -2.28. The summed E-state index contributed by atoms with van der Waals surface area (Å²) in [5, 5.41) is 3.26. The van der Waals surface area contributed by atoms with Crippen molar-refractivity contribution in [2.45, 2.75) is 25.4 Å². The molecule has 1 fully saturated rings. The average Bonchev–Trinajstić information content (AvgIpc) is 2.29. The standard InChI is InChI=1S/C13H16F3N.ClH/c14-13(15,16)12-3-1-2-11(9-12)8-10-4-6-17-7-5-10;/h1-3,9-10,17H,4-8H2;1H. The fourth-order valence-electron chi connectivity index (χ4n) is 2.29. The van der Waals surface area contributed by atoms with Crippen LogP contribution in [0.2, 0.25) is 0 Å². The summed E-state index contributed by atoms with van der Waals surface area (Å²) in [6, 6.07) is 5.70. The van der Waals surface area contributed by atoms with Crippen molar-refractivity contribution in [2.24, 2.45) is 5.92 Å². The number of hydrogen-bond donors (Lipinski definition) is 1. The maximum absolute atomic E-state index is 12.5. The van der Waals surface area contributed by atoms with Crippen LogP contribution in [-0.2, 0) is 12.6 Å². The molecule has 0 saturated carbocycles. The second kappa shape index (κ2) is 6.43. The third kappa shape index (κ3) is 4.18. The van der Waals surface area contributed by atoms with Gasteiger partial charge in [0.15, 0.2) is 0 Å².